The van der Waals surface area contributed by atoms with Crippen LogP contribution >= 0.6 is 0 Å². The van der Waals surface area contributed by atoms with Crippen LogP contribution in [0, 0.1) is 13.8 Å². The van der Waals surface area contributed by atoms with Crippen molar-refractivity contribution in [3.63, 3.8) is 0 Å². The number of alkyl halides is 3. The van der Waals surface area contributed by atoms with Gasteiger partial charge >= 0.3 is 6.18 Å². The molecule has 26 heavy (non-hydrogen) atoms. The molecule has 0 spiro atoms. The Balaban J connectivity index is 1.85. The van der Waals surface area contributed by atoms with E-state index in [0.717, 1.165) is 22.9 Å². The van der Waals surface area contributed by atoms with Crippen LogP contribution in [0.1, 0.15) is 36.0 Å². The average Bonchev–Trinajstić information content (AvgIpc) is 3.16. The van der Waals surface area contributed by atoms with Crippen molar-refractivity contribution < 1.29 is 13.2 Å². The fourth-order valence-corrected chi connectivity index (χ4v) is 2.87. The average molecular weight is 366 g/mol. The molecule has 1 N–H and O–H groups in total. The number of fused-ring (bicyclic) bond motifs is 1. The van der Waals surface area contributed by atoms with E-state index in [1.165, 1.54) is 5.69 Å². The van der Waals surface area contributed by atoms with E-state index in [9.17, 15) is 13.2 Å². The molecule has 0 aliphatic carbocycles. The summed E-state index contributed by atoms with van der Waals surface area (Å²) in [5.41, 5.74) is 2.72. The molecule has 6 nitrogen and oxygen atoms in total. The SMILES string of the molecule is Cc1c(NC(C)CCc2cccn2C)nn2c(C(F)(F)F)nnc2c1C. The quantitative estimate of drug-likeness (QED) is 0.750. The summed E-state index contributed by atoms with van der Waals surface area (Å²) in [7, 11) is 1.99. The third kappa shape index (κ3) is 3.38. The Morgan fingerprint density at radius 1 is 1.19 bits per heavy atom. The van der Waals surface area contributed by atoms with Gasteiger partial charge in [0.25, 0.3) is 5.82 Å². The lowest BCUT2D eigenvalue weighted by Gasteiger charge is -2.18. The highest BCUT2D eigenvalue weighted by Crippen LogP contribution is 2.29. The van der Waals surface area contributed by atoms with Gasteiger partial charge in [-0.25, -0.2) is 0 Å². The Morgan fingerprint density at radius 2 is 1.92 bits per heavy atom. The Morgan fingerprint density at radius 3 is 2.54 bits per heavy atom. The van der Waals surface area contributed by atoms with Gasteiger partial charge in [0.15, 0.2) is 11.5 Å². The van der Waals surface area contributed by atoms with Crippen molar-refractivity contribution in [2.75, 3.05) is 5.32 Å². The number of halogens is 3. The fourth-order valence-electron chi connectivity index (χ4n) is 2.87. The summed E-state index contributed by atoms with van der Waals surface area (Å²) in [6, 6.07) is 4.08. The third-order valence-corrected chi connectivity index (χ3v) is 4.62. The van der Waals surface area contributed by atoms with Crippen molar-refractivity contribution in [1.29, 1.82) is 0 Å². The van der Waals surface area contributed by atoms with E-state index in [4.69, 9.17) is 0 Å². The fraction of sp³-hybridized carbons (Fsp3) is 0.471. The van der Waals surface area contributed by atoms with Crippen molar-refractivity contribution >= 4 is 11.5 Å². The van der Waals surface area contributed by atoms with Gasteiger partial charge in [-0.05, 0) is 51.3 Å². The number of anilines is 1. The van der Waals surface area contributed by atoms with E-state index in [0.29, 0.717) is 11.4 Å². The van der Waals surface area contributed by atoms with E-state index in [-0.39, 0.29) is 11.7 Å². The van der Waals surface area contributed by atoms with Crippen LogP contribution in [0.2, 0.25) is 0 Å². The highest BCUT2D eigenvalue weighted by Gasteiger charge is 2.38. The molecule has 0 aliphatic heterocycles. The van der Waals surface area contributed by atoms with Crippen LogP contribution < -0.4 is 5.32 Å². The van der Waals surface area contributed by atoms with Crippen LogP contribution in [-0.4, -0.2) is 30.4 Å². The minimum Gasteiger partial charge on any atom is -0.366 e. The number of nitrogens with one attached hydrogen (secondary N) is 1. The highest BCUT2D eigenvalue weighted by atomic mass is 19.4. The van der Waals surface area contributed by atoms with E-state index in [2.05, 4.69) is 31.2 Å². The summed E-state index contributed by atoms with van der Waals surface area (Å²) < 4.78 is 42.1. The molecule has 0 aromatic carbocycles. The minimum absolute atomic E-state index is 0.0405. The molecule has 0 bridgehead atoms. The number of aryl methyl sites for hydroxylation is 3. The summed E-state index contributed by atoms with van der Waals surface area (Å²) in [6.45, 7) is 5.53. The van der Waals surface area contributed by atoms with Crippen LogP contribution in [0.3, 0.4) is 0 Å². The topological polar surface area (TPSA) is 60.0 Å². The maximum absolute atomic E-state index is 13.1. The number of aromatic nitrogens is 5. The molecular weight excluding hydrogens is 345 g/mol. The lowest BCUT2D eigenvalue weighted by atomic mass is 10.1. The second kappa shape index (κ2) is 6.62. The normalized spacial score (nSPS) is 13.3. The molecule has 3 heterocycles. The first-order valence-corrected chi connectivity index (χ1v) is 8.35. The van der Waals surface area contributed by atoms with Gasteiger partial charge in [-0.2, -0.15) is 17.7 Å². The zero-order valence-corrected chi connectivity index (χ0v) is 15.1. The molecule has 3 rings (SSSR count). The standard InChI is InChI=1S/C17H21F3N6/c1-10(7-8-13-6-5-9-25(13)4)21-14-11(2)12(3)15-22-23-16(17(18,19)20)26(15)24-14/h5-6,9-10H,7-8H2,1-4H3,(H,21,24). The Hall–Kier alpha value is -2.58. The number of hydrogen-bond acceptors (Lipinski definition) is 4. The van der Waals surface area contributed by atoms with E-state index < -0.39 is 12.0 Å². The van der Waals surface area contributed by atoms with Gasteiger partial charge < -0.3 is 9.88 Å². The highest BCUT2D eigenvalue weighted by molar-refractivity contribution is 5.58. The Labute approximate surface area is 149 Å². The van der Waals surface area contributed by atoms with Crippen molar-refractivity contribution in [3.05, 3.63) is 41.0 Å². The van der Waals surface area contributed by atoms with Crippen LogP contribution in [-0.2, 0) is 19.6 Å². The van der Waals surface area contributed by atoms with Crippen LogP contribution in [0.15, 0.2) is 18.3 Å². The van der Waals surface area contributed by atoms with Crippen LogP contribution in [0.5, 0.6) is 0 Å². The second-order valence-electron chi connectivity index (χ2n) is 6.55. The lowest BCUT2D eigenvalue weighted by Crippen LogP contribution is -2.21. The van der Waals surface area contributed by atoms with Crippen molar-refractivity contribution in [1.82, 2.24) is 24.4 Å². The Bertz CT molecular complexity index is 925. The van der Waals surface area contributed by atoms with Gasteiger partial charge in [0, 0.05) is 30.5 Å². The molecule has 0 fully saturated rings. The van der Waals surface area contributed by atoms with E-state index >= 15 is 0 Å². The molecule has 0 aliphatic rings. The molecule has 3 aromatic rings. The summed E-state index contributed by atoms with van der Waals surface area (Å²) in [5.74, 6) is -0.699. The largest absolute Gasteiger partial charge is 0.453 e. The lowest BCUT2D eigenvalue weighted by molar-refractivity contribution is -0.146. The first-order chi connectivity index (χ1) is 12.2. The predicted octanol–water partition coefficient (Wildman–Crippen LogP) is 3.53. The van der Waals surface area contributed by atoms with E-state index in [1.807, 2.05) is 33.2 Å². The number of hydrogen-bond donors (Lipinski definition) is 1. The molecule has 1 atom stereocenters. The molecule has 140 valence electrons. The Kier molecular flexibility index (Phi) is 4.64. The first-order valence-electron chi connectivity index (χ1n) is 8.35. The summed E-state index contributed by atoms with van der Waals surface area (Å²) in [6.07, 6.45) is -0.937. The monoisotopic (exact) mass is 366 g/mol. The molecule has 9 heteroatoms. The zero-order chi connectivity index (χ0) is 19.1. The van der Waals surface area contributed by atoms with Gasteiger partial charge in [0.05, 0.1) is 0 Å². The van der Waals surface area contributed by atoms with Crippen LogP contribution in [0.25, 0.3) is 5.65 Å². The molecule has 0 saturated heterocycles. The van der Waals surface area contributed by atoms with Crippen LogP contribution in [0.4, 0.5) is 19.0 Å². The van der Waals surface area contributed by atoms with Gasteiger partial charge in [-0.15, -0.1) is 15.3 Å². The van der Waals surface area contributed by atoms with Gasteiger partial charge in [-0.3, -0.25) is 0 Å². The third-order valence-electron chi connectivity index (χ3n) is 4.62. The second-order valence-corrected chi connectivity index (χ2v) is 6.55. The first kappa shape index (κ1) is 18.2. The minimum atomic E-state index is -4.61. The van der Waals surface area contributed by atoms with Crippen molar-refractivity contribution in [2.24, 2.45) is 7.05 Å². The maximum Gasteiger partial charge on any atom is 0.453 e. The molecule has 1 unspecified atom stereocenters. The summed E-state index contributed by atoms with van der Waals surface area (Å²) in [4.78, 5) is 0. The molecule has 0 amide bonds. The zero-order valence-electron chi connectivity index (χ0n) is 15.1. The number of nitrogens with zero attached hydrogens (tertiary/aromatic N) is 5. The summed E-state index contributed by atoms with van der Waals surface area (Å²) in [5, 5.41) is 14.3. The van der Waals surface area contributed by atoms with E-state index in [1.54, 1.807) is 6.92 Å². The van der Waals surface area contributed by atoms with Gasteiger partial charge in [0.1, 0.15) is 0 Å². The maximum atomic E-state index is 13.1. The molecule has 3 aromatic heterocycles. The summed E-state index contributed by atoms with van der Waals surface area (Å²) >= 11 is 0. The number of rotatable bonds is 5. The smallest absolute Gasteiger partial charge is 0.366 e. The molecule has 0 radical (unpaired) electrons. The van der Waals surface area contributed by atoms with Crippen molar-refractivity contribution in [2.45, 2.75) is 45.8 Å². The van der Waals surface area contributed by atoms with Gasteiger partial charge in [-0.1, -0.05) is 0 Å². The van der Waals surface area contributed by atoms with Gasteiger partial charge in [0.2, 0.25) is 0 Å². The predicted molar refractivity (Wildman–Crippen MR) is 92.1 cm³/mol. The molecule has 0 saturated carbocycles. The molecular formula is C17H21F3N6. The van der Waals surface area contributed by atoms with Crippen molar-refractivity contribution in [3.8, 4) is 0 Å².